The highest BCUT2D eigenvalue weighted by Gasteiger charge is 2.32. The molecular weight excluding hydrogens is 276 g/mol. The second kappa shape index (κ2) is 5.51. The Hall–Kier alpha value is -1.07. The van der Waals surface area contributed by atoms with Crippen molar-refractivity contribution < 1.29 is 4.79 Å². The summed E-state index contributed by atoms with van der Waals surface area (Å²) in [5.41, 5.74) is 3.98. The van der Waals surface area contributed by atoms with Gasteiger partial charge in [0, 0.05) is 32.4 Å². The number of fused-ring (bicyclic) bond motifs is 1. The molecule has 19 heavy (non-hydrogen) atoms. The second-order valence-electron chi connectivity index (χ2n) is 4.53. The van der Waals surface area contributed by atoms with Crippen LogP contribution in [0.4, 0.5) is 11.4 Å². The number of thioether (sulfide) groups is 2. The third kappa shape index (κ3) is 2.37. The van der Waals surface area contributed by atoms with Crippen molar-refractivity contribution in [3.8, 4) is 0 Å². The van der Waals surface area contributed by atoms with Crippen molar-refractivity contribution in [2.75, 3.05) is 43.5 Å². The van der Waals surface area contributed by atoms with E-state index in [1.807, 2.05) is 45.8 Å². The first-order chi connectivity index (χ1) is 9.01. The van der Waals surface area contributed by atoms with Crippen molar-refractivity contribution in [1.82, 2.24) is 0 Å². The van der Waals surface area contributed by atoms with Gasteiger partial charge in [-0.05, 0) is 30.7 Å². The van der Waals surface area contributed by atoms with E-state index in [1.54, 1.807) is 28.4 Å². The van der Waals surface area contributed by atoms with E-state index in [1.165, 1.54) is 0 Å². The van der Waals surface area contributed by atoms with Crippen LogP contribution in [0.5, 0.6) is 0 Å². The third-order valence-corrected chi connectivity index (χ3v) is 5.37. The maximum absolute atomic E-state index is 12.4. The standard InChI is InChI=1S/C14H18N2OS2/c1-15(2)9-6-7-11-10(8-9)12(13(17)16(11)3)14(18-4)19-5/h6-8H,1-5H3. The molecule has 0 radical (unpaired) electrons. The molecule has 5 heteroatoms. The minimum absolute atomic E-state index is 0.0876. The Morgan fingerprint density at radius 3 is 2.37 bits per heavy atom. The molecule has 0 saturated carbocycles. The minimum Gasteiger partial charge on any atom is -0.378 e. The van der Waals surface area contributed by atoms with Crippen LogP contribution >= 0.6 is 23.5 Å². The summed E-state index contributed by atoms with van der Waals surface area (Å²) >= 11 is 3.26. The lowest BCUT2D eigenvalue weighted by Crippen LogP contribution is -2.20. The van der Waals surface area contributed by atoms with Crippen molar-refractivity contribution in [3.05, 3.63) is 28.0 Å². The third-order valence-electron chi connectivity index (χ3n) is 3.22. The van der Waals surface area contributed by atoms with Gasteiger partial charge in [-0.1, -0.05) is 0 Å². The highest BCUT2D eigenvalue weighted by molar-refractivity contribution is 8.22. The molecule has 0 unspecified atom stereocenters. The highest BCUT2D eigenvalue weighted by atomic mass is 32.2. The Balaban J connectivity index is 2.66. The molecule has 3 nitrogen and oxygen atoms in total. The molecule has 0 spiro atoms. The molecule has 0 N–H and O–H groups in total. The Morgan fingerprint density at radius 1 is 1.21 bits per heavy atom. The van der Waals surface area contributed by atoms with E-state index in [-0.39, 0.29) is 5.91 Å². The average Bonchev–Trinajstić information content (AvgIpc) is 2.65. The Bertz CT molecular complexity index is 546. The number of benzene rings is 1. The number of amides is 1. The molecule has 0 atom stereocenters. The van der Waals surface area contributed by atoms with Crippen molar-refractivity contribution in [2.24, 2.45) is 0 Å². The lowest BCUT2D eigenvalue weighted by atomic mass is 10.1. The van der Waals surface area contributed by atoms with Crippen LogP contribution in [0.2, 0.25) is 0 Å². The lowest BCUT2D eigenvalue weighted by molar-refractivity contribution is -0.112. The van der Waals surface area contributed by atoms with Gasteiger partial charge in [0.15, 0.2) is 0 Å². The SMILES string of the molecule is CSC(SC)=C1C(=O)N(C)c2ccc(N(C)C)cc21. The van der Waals surface area contributed by atoms with Crippen molar-refractivity contribution in [1.29, 1.82) is 0 Å². The Morgan fingerprint density at radius 2 is 1.84 bits per heavy atom. The maximum Gasteiger partial charge on any atom is 0.260 e. The van der Waals surface area contributed by atoms with Crippen LogP contribution in [-0.2, 0) is 4.79 Å². The van der Waals surface area contributed by atoms with E-state index in [4.69, 9.17) is 0 Å². The number of carbonyl (C=O) groups excluding carboxylic acids is 1. The van der Waals surface area contributed by atoms with Crippen LogP contribution in [-0.4, -0.2) is 39.6 Å². The molecule has 102 valence electrons. The average molecular weight is 294 g/mol. The number of hydrogen-bond acceptors (Lipinski definition) is 4. The zero-order valence-corrected chi connectivity index (χ0v) is 13.5. The molecule has 1 aliphatic heterocycles. The van der Waals surface area contributed by atoms with Crippen molar-refractivity contribution >= 4 is 46.4 Å². The molecule has 1 aromatic carbocycles. The van der Waals surface area contributed by atoms with Crippen molar-refractivity contribution in [3.63, 3.8) is 0 Å². The first kappa shape index (κ1) is 14.3. The minimum atomic E-state index is 0.0876. The lowest BCUT2D eigenvalue weighted by Gasteiger charge is -2.15. The van der Waals surface area contributed by atoms with Crippen LogP contribution < -0.4 is 9.80 Å². The fourth-order valence-electron chi connectivity index (χ4n) is 2.17. The van der Waals surface area contributed by atoms with Gasteiger partial charge in [0.2, 0.25) is 0 Å². The van der Waals surface area contributed by atoms with E-state index in [2.05, 4.69) is 11.0 Å². The summed E-state index contributed by atoms with van der Waals surface area (Å²) < 4.78 is 1.08. The summed E-state index contributed by atoms with van der Waals surface area (Å²) in [7, 11) is 5.85. The summed E-state index contributed by atoms with van der Waals surface area (Å²) in [5, 5.41) is 0. The van der Waals surface area contributed by atoms with Gasteiger partial charge in [-0.25, -0.2) is 0 Å². The number of anilines is 2. The van der Waals surface area contributed by atoms with Gasteiger partial charge in [-0.15, -0.1) is 23.5 Å². The summed E-state index contributed by atoms with van der Waals surface area (Å²) in [4.78, 5) is 16.2. The molecule has 1 amide bonds. The molecule has 1 aliphatic rings. The van der Waals surface area contributed by atoms with E-state index in [9.17, 15) is 4.79 Å². The van der Waals surface area contributed by atoms with E-state index in [0.29, 0.717) is 0 Å². The number of carbonyl (C=O) groups is 1. The number of rotatable bonds is 3. The maximum atomic E-state index is 12.4. The number of likely N-dealkylation sites (N-methyl/N-ethyl adjacent to an activating group) is 1. The highest BCUT2D eigenvalue weighted by Crippen LogP contribution is 2.44. The fraction of sp³-hybridized carbons (Fsp3) is 0.357. The van der Waals surface area contributed by atoms with Gasteiger partial charge in [0.05, 0.1) is 15.5 Å². The largest absolute Gasteiger partial charge is 0.378 e. The normalized spacial score (nSPS) is 13.8. The predicted octanol–water partition coefficient (Wildman–Crippen LogP) is 3.12. The molecule has 0 saturated heterocycles. The van der Waals surface area contributed by atoms with Gasteiger partial charge in [-0.3, -0.25) is 4.79 Å². The molecule has 2 rings (SSSR count). The van der Waals surface area contributed by atoms with Crippen LogP contribution in [0, 0.1) is 0 Å². The van der Waals surface area contributed by atoms with Gasteiger partial charge in [0.25, 0.3) is 5.91 Å². The molecule has 0 fully saturated rings. The smallest absolute Gasteiger partial charge is 0.260 e. The Labute approximate surface area is 123 Å². The number of nitrogens with zero attached hydrogens (tertiary/aromatic N) is 2. The summed E-state index contributed by atoms with van der Waals surface area (Å²) in [5.74, 6) is 0.0876. The molecule has 1 aromatic rings. The fourth-order valence-corrected chi connectivity index (χ4v) is 3.64. The van der Waals surface area contributed by atoms with Gasteiger partial charge in [0.1, 0.15) is 0 Å². The molecule has 1 heterocycles. The quantitative estimate of drug-likeness (QED) is 0.799. The topological polar surface area (TPSA) is 23.6 Å². The summed E-state index contributed by atoms with van der Waals surface area (Å²) in [6, 6.07) is 6.16. The first-order valence-corrected chi connectivity index (χ1v) is 8.38. The second-order valence-corrected chi connectivity index (χ2v) is 6.42. The van der Waals surface area contributed by atoms with Gasteiger partial charge < -0.3 is 9.80 Å². The first-order valence-electron chi connectivity index (χ1n) is 5.93. The predicted molar refractivity (Wildman–Crippen MR) is 88.1 cm³/mol. The van der Waals surface area contributed by atoms with Crippen molar-refractivity contribution in [2.45, 2.75) is 0 Å². The van der Waals surface area contributed by atoms with Crippen LogP contribution in [0.15, 0.2) is 22.4 Å². The number of hydrogen-bond donors (Lipinski definition) is 0. The van der Waals surface area contributed by atoms with Crippen LogP contribution in [0.3, 0.4) is 0 Å². The monoisotopic (exact) mass is 294 g/mol. The van der Waals surface area contributed by atoms with Crippen LogP contribution in [0.25, 0.3) is 5.57 Å². The van der Waals surface area contributed by atoms with E-state index >= 15 is 0 Å². The summed E-state index contributed by atoms with van der Waals surface area (Å²) in [6.45, 7) is 0. The molecule has 0 bridgehead atoms. The molecule has 0 aromatic heterocycles. The molecular formula is C14H18N2OS2. The van der Waals surface area contributed by atoms with Gasteiger partial charge >= 0.3 is 0 Å². The van der Waals surface area contributed by atoms with Gasteiger partial charge in [-0.2, -0.15) is 0 Å². The summed E-state index contributed by atoms with van der Waals surface area (Å²) in [6.07, 6.45) is 4.03. The molecule has 0 aliphatic carbocycles. The van der Waals surface area contributed by atoms with E-state index in [0.717, 1.165) is 26.7 Å². The Kier molecular flexibility index (Phi) is 4.16. The zero-order valence-electron chi connectivity index (χ0n) is 11.9. The zero-order chi connectivity index (χ0) is 14.2. The van der Waals surface area contributed by atoms with Crippen LogP contribution in [0.1, 0.15) is 5.56 Å². The van der Waals surface area contributed by atoms with E-state index < -0.39 is 0 Å².